The Bertz CT molecular complexity index is 392. The molecule has 1 fully saturated rings. The predicted molar refractivity (Wildman–Crippen MR) is 67.9 cm³/mol. The van der Waals surface area contributed by atoms with Gasteiger partial charge in [0.15, 0.2) is 0 Å². The fourth-order valence-electron chi connectivity index (χ4n) is 1.75. The third-order valence-corrected chi connectivity index (χ3v) is 4.23. The van der Waals surface area contributed by atoms with Crippen LogP contribution in [0.15, 0.2) is 6.07 Å². The average molecular weight is 240 g/mol. The molecule has 1 atom stereocenters. The summed E-state index contributed by atoms with van der Waals surface area (Å²) in [6.07, 6.45) is 2.52. The monoisotopic (exact) mass is 240 g/mol. The van der Waals surface area contributed by atoms with Gasteiger partial charge in [0.05, 0.1) is 5.25 Å². The second-order valence-corrected chi connectivity index (χ2v) is 5.95. The van der Waals surface area contributed by atoms with Crippen molar-refractivity contribution in [2.24, 2.45) is 0 Å². The zero-order chi connectivity index (χ0) is 10.8. The first-order valence-electron chi connectivity index (χ1n) is 5.39. The molecule has 0 bridgehead atoms. The van der Waals surface area contributed by atoms with Crippen molar-refractivity contribution in [1.82, 2.24) is 9.97 Å². The van der Waals surface area contributed by atoms with Gasteiger partial charge < -0.3 is 4.98 Å². The molecule has 1 aliphatic heterocycles. The number of aromatic amines is 1. The van der Waals surface area contributed by atoms with Gasteiger partial charge in [0.2, 0.25) is 0 Å². The fourth-order valence-corrected chi connectivity index (χ4v) is 3.20. The van der Waals surface area contributed by atoms with E-state index in [-0.39, 0.29) is 0 Å². The van der Waals surface area contributed by atoms with Crippen LogP contribution in [0.1, 0.15) is 49.4 Å². The second-order valence-electron chi connectivity index (χ2n) is 4.22. The zero-order valence-corrected chi connectivity index (χ0v) is 10.8. The minimum absolute atomic E-state index is 0.486. The molecule has 0 spiro atoms. The molecule has 0 saturated carbocycles. The van der Waals surface area contributed by atoms with Gasteiger partial charge in [0, 0.05) is 5.69 Å². The Morgan fingerprint density at radius 1 is 1.60 bits per heavy atom. The maximum Gasteiger partial charge on any atom is 0.130 e. The van der Waals surface area contributed by atoms with Gasteiger partial charge in [-0.1, -0.05) is 26.1 Å². The van der Waals surface area contributed by atoms with Crippen LogP contribution in [0.25, 0.3) is 0 Å². The highest BCUT2D eigenvalue weighted by Crippen LogP contribution is 2.38. The second kappa shape index (κ2) is 4.66. The molecule has 1 aliphatic rings. The topological polar surface area (TPSA) is 28.7 Å². The number of H-pyrrole nitrogens is 1. The van der Waals surface area contributed by atoms with Crippen molar-refractivity contribution in [2.75, 3.05) is 5.75 Å². The van der Waals surface area contributed by atoms with Crippen molar-refractivity contribution in [2.45, 2.75) is 37.9 Å². The summed E-state index contributed by atoms with van der Waals surface area (Å²) < 4.78 is 0.722. The highest BCUT2D eigenvalue weighted by molar-refractivity contribution is 7.99. The van der Waals surface area contributed by atoms with Gasteiger partial charge in [-0.2, -0.15) is 11.8 Å². The van der Waals surface area contributed by atoms with Gasteiger partial charge >= 0.3 is 0 Å². The summed E-state index contributed by atoms with van der Waals surface area (Å²) in [5.41, 5.74) is 1.21. The summed E-state index contributed by atoms with van der Waals surface area (Å²) in [4.78, 5) is 7.86. The summed E-state index contributed by atoms with van der Waals surface area (Å²) in [7, 11) is 0. The van der Waals surface area contributed by atoms with Crippen molar-refractivity contribution < 1.29 is 0 Å². The van der Waals surface area contributed by atoms with Crippen LogP contribution >= 0.6 is 24.0 Å². The van der Waals surface area contributed by atoms with E-state index < -0.39 is 0 Å². The molecule has 2 rings (SSSR count). The Labute approximate surface area is 99.9 Å². The van der Waals surface area contributed by atoms with E-state index in [4.69, 9.17) is 12.2 Å². The Balaban J connectivity index is 2.34. The van der Waals surface area contributed by atoms with Gasteiger partial charge in [0.25, 0.3) is 0 Å². The fraction of sp³-hybridized carbons (Fsp3) is 0.636. The molecule has 0 radical (unpaired) electrons. The molecule has 1 aromatic rings. The molecule has 1 aromatic heterocycles. The minimum atomic E-state index is 0.486. The van der Waals surface area contributed by atoms with Crippen LogP contribution in [0.4, 0.5) is 0 Å². The number of rotatable bonds is 2. The molecule has 1 unspecified atom stereocenters. The molecule has 0 amide bonds. The van der Waals surface area contributed by atoms with Gasteiger partial charge in [-0.25, -0.2) is 4.98 Å². The normalized spacial score (nSPS) is 21.1. The molecule has 82 valence electrons. The Kier molecular flexibility index (Phi) is 3.46. The predicted octanol–water partition coefficient (Wildman–Crippen LogP) is 3.83. The average Bonchev–Trinajstić information content (AvgIpc) is 2.69. The molecule has 1 saturated heterocycles. The molecule has 4 heteroatoms. The highest BCUT2D eigenvalue weighted by atomic mass is 32.2. The third-order valence-electron chi connectivity index (χ3n) is 2.64. The summed E-state index contributed by atoms with van der Waals surface area (Å²) in [5, 5.41) is 0.533. The first-order valence-corrected chi connectivity index (χ1v) is 6.85. The number of nitrogens with zero attached hydrogens (tertiary/aromatic N) is 1. The highest BCUT2D eigenvalue weighted by Gasteiger charge is 2.20. The van der Waals surface area contributed by atoms with Crippen molar-refractivity contribution in [3.05, 3.63) is 22.2 Å². The maximum atomic E-state index is 5.20. The van der Waals surface area contributed by atoms with Crippen LogP contribution in [-0.4, -0.2) is 15.7 Å². The van der Waals surface area contributed by atoms with E-state index in [1.807, 2.05) is 17.8 Å². The molecule has 1 N–H and O–H groups in total. The number of hydrogen-bond donors (Lipinski definition) is 1. The van der Waals surface area contributed by atoms with Crippen LogP contribution in [0.2, 0.25) is 0 Å². The Morgan fingerprint density at radius 2 is 2.40 bits per heavy atom. The lowest BCUT2D eigenvalue weighted by atomic mass is 10.1. The molecule has 15 heavy (non-hydrogen) atoms. The van der Waals surface area contributed by atoms with E-state index in [1.54, 1.807) is 0 Å². The van der Waals surface area contributed by atoms with Gasteiger partial charge in [0.1, 0.15) is 10.5 Å². The van der Waals surface area contributed by atoms with Crippen LogP contribution in [-0.2, 0) is 0 Å². The van der Waals surface area contributed by atoms with Crippen molar-refractivity contribution in [3.8, 4) is 0 Å². The van der Waals surface area contributed by atoms with Crippen LogP contribution < -0.4 is 0 Å². The first kappa shape index (κ1) is 11.1. The number of nitrogens with one attached hydrogen (secondary N) is 1. The molecule has 2 nitrogen and oxygen atoms in total. The summed E-state index contributed by atoms with van der Waals surface area (Å²) in [6.45, 7) is 4.35. The quantitative estimate of drug-likeness (QED) is 0.796. The summed E-state index contributed by atoms with van der Waals surface area (Å²) >= 11 is 7.19. The van der Waals surface area contributed by atoms with Gasteiger partial charge in [-0.15, -0.1) is 0 Å². The SMILES string of the molecule is CC(C)c1cc(=S)nc(C2CCCS2)[nH]1. The number of thioether (sulfide) groups is 1. The molecule has 0 aromatic carbocycles. The third kappa shape index (κ3) is 2.61. The van der Waals surface area contributed by atoms with Gasteiger partial charge in [-0.05, 0) is 30.6 Å². The van der Waals surface area contributed by atoms with Crippen LogP contribution in [0, 0.1) is 4.64 Å². The maximum absolute atomic E-state index is 5.20. The molecule has 0 aliphatic carbocycles. The molecule has 2 heterocycles. The lowest BCUT2D eigenvalue weighted by Crippen LogP contribution is -2.03. The smallest absolute Gasteiger partial charge is 0.130 e. The summed E-state index contributed by atoms with van der Waals surface area (Å²) in [5.74, 6) is 2.81. The largest absolute Gasteiger partial charge is 0.346 e. The van der Waals surface area contributed by atoms with Crippen LogP contribution in [0.5, 0.6) is 0 Å². The van der Waals surface area contributed by atoms with E-state index in [2.05, 4.69) is 23.8 Å². The summed E-state index contributed by atoms with van der Waals surface area (Å²) in [6, 6.07) is 1.98. The van der Waals surface area contributed by atoms with E-state index in [0.717, 1.165) is 10.5 Å². The zero-order valence-electron chi connectivity index (χ0n) is 9.12. The lowest BCUT2D eigenvalue weighted by Gasteiger charge is -2.12. The van der Waals surface area contributed by atoms with E-state index in [0.29, 0.717) is 11.2 Å². The van der Waals surface area contributed by atoms with Crippen molar-refractivity contribution in [3.63, 3.8) is 0 Å². The first-order chi connectivity index (χ1) is 7.16. The van der Waals surface area contributed by atoms with E-state index in [1.165, 1.54) is 24.3 Å². The van der Waals surface area contributed by atoms with Crippen molar-refractivity contribution >= 4 is 24.0 Å². The number of hydrogen-bond acceptors (Lipinski definition) is 3. The Hall–Kier alpha value is -0.350. The lowest BCUT2D eigenvalue weighted by molar-refractivity contribution is 0.737. The minimum Gasteiger partial charge on any atom is -0.346 e. The van der Waals surface area contributed by atoms with Crippen LogP contribution in [0.3, 0.4) is 0 Å². The standard InChI is InChI=1S/C11H16N2S2/c1-7(2)8-6-10(14)13-11(12-8)9-4-3-5-15-9/h6-7,9H,3-5H2,1-2H3,(H,12,13,14). The Morgan fingerprint density at radius 3 is 3.00 bits per heavy atom. The molecular weight excluding hydrogens is 224 g/mol. The number of aromatic nitrogens is 2. The van der Waals surface area contributed by atoms with Gasteiger partial charge in [-0.3, -0.25) is 0 Å². The van der Waals surface area contributed by atoms with E-state index >= 15 is 0 Å². The van der Waals surface area contributed by atoms with Crippen molar-refractivity contribution in [1.29, 1.82) is 0 Å². The molecular formula is C11H16N2S2. The van der Waals surface area contributed by atoms with E-state index in [9.17, 15) is 0 Å².